The van der Waals surface area contributed by atoms with Gasteiger partial charge in [-0.1, -0.05) is 27.7 Å². The lowest BCUT2D eigenvalue weighted by Gasteiger charge is -2.26. The van der Waals surface area contributed by atoms with E-state index in [-0.39, 0.29) is 23.9 Å². The van der Waals surface area contributed by atoms with E-state index in [1.165, 1.54) is 0 Å². The number of nitrogens with two attached hydrogens (primary N) is 1. The second kappa shape index (κ2) is 10.7. The Morgan fingerprint density at radius 3 is 2.23 bits per heavy atom. The third-order valence-corrected chi connectivity index (χ3v) is 4.92. The van der Waals surface area contributed by atoms with Crippen LogP contribution < -0.4 is 25.8 Å². The quantitative estimate of drug-likeness (QED) is 0.497. The fraction of sp³-hybridized carbons (Fsp3) is 0.632. The highest BCUT2D eigenvalue weighted by Crippen LogP contribution is 2.32. The minimum atomic E-state index is -0.506. The van der Waals surface area contributed by atoms with Crippen LogP contribution in [0.5, 0.6) is 11.5 Å². The molecule has 6 nitrogen and oxygen atoms in total. The van der Waals surface area contributed by atoms with Crippen molar-refractivity contribution in [3.8, 4) is 11.5 Å². The Kier molecular flexibility index (Phi) is 9.39. The lowest BCUT2D eigenvalue weighted by molar-refractivity contribution is -0.124. The zero-order chi connectivity index (χ0) is 19.9. The topological polar surface area (TPSA) is 85.6 Å². The van der Waals surface area contributed by atoms with Crippen molar-refractivity contribution in [1.82, 2.24) is 10.6 Å². The van der Waals surface area contributed by atoms with Crippen LogP contribution in [-0.2, 0) is 11.2 Å². The van der Waals surface area contributed by atoms with Crippen molar-refractivity contribution >= 4 is 21.8 Å². The molecule has 0 aliphatic carbocycles. The van der Waals surface area contributed by atoms with Crippen molar-refractivity contribution in [1.29, 1.82) is 0 Å². The molecule has 7 heteroatoms. The lowest BCUT2D eigenvalue weighted by Crippen LogP contribution is -2.55. The summed E-state index contributed by atoms with van der Waals surface area (Å²) >= 11 is 3.47. The van der Waals surface area contributed by atoms with E-state index in [1.807, 2.05) is 26.0 Å². The smallest absolute Gasteiger partial charge is 0.238 e. The summed E-state index contributed by atoms with van der Waals surface area (Å²) in [5.41, 5.74) is 6.97. The number of rotatable bonds is 10. The molecule has 0 saturated heterocycles. The van der Waals surface area contributed by atoms with Crippen molar-refractivity contribution in [3.05, 3.63) is 22.2 Å². The maximum atomic E-state index is 12.2. The van der Waals surface area contributed by atoms with Crippen molar-refractivity contribution in [2.45, 2.75) is 46.3 Å². The Hall–Kier alpha value is -1.31. The highest BCUT2D eigenvalue weighted by molar-refractivity contribution is 9.10. The first kappa shape index (κ1) is 22.7. The van der Waals surface area contributed by atoms with Crippen molar-refractivity contribution in [2.75, 3.05) is 20.8 Å². The van der Waals surface area contributed by atoms with E-state index in [9.17, 15) is 4.79 Å². The number of halogens is 1. The maximum absolute atomic E-state index is 12.2. The number of methoxy groups -OCH3 is 2. The van der Waals surface area contributed by atoms with Gasteiger partial charge in [-0.25, -0.2) is 0 Å². The van der Waals surface area contributed by atoms with Crippen molar-refractivity contribution in [3.63, 3.8) is 0 Å². The van der Waals surface area contributed by atoms with E-state index in [4.69, 9.17) is 15.2 Å². The van der Waals surface area contributed by atoms with Gasteiger partial charge in [-0.15, -0.1) is 0 Å². The third-order valence-electron chi connectivity index (χ3n) is 4.30. The zero-order valence-corrected chi connectivity index (χ0v) is 18.1. The van der Waals surface area contributed by atoms with Gasteiger partial charge in [-0.05, 0) is 51.9 Å². The SMILES string of the molecule is COc1cc(CCNC(NC(=O)[C@@H](N)C(C)C)C(C)C)c(OC)cc1Br. The average Bonchev–Trinajstić information content (AvgIpc) is 2.60. The van der Waals surface area contributed by atoms with Crippen LogP contribution in [-0.4, -0.2) is 38.9 Å². The van der Waals surface area contributed by atoms with Gasteiger partial charge >= 0.3 is 0 Å². The molecule has 0 heterocycles. The highest BCUT2D eigenvalue weighted by atomic mass is 79.9. The molecule has 1 amide bonds. The largest absolute Gasteiger partial charge is 0.496 e. The summed E-state index contributed by atoms with van der Waals surface area (Å²) in [6.07, 6.45) is 0.595. The van der Waals surface area contributed by atoms with E-state index in [0.717, 1.165) is 28.0 Å². The van der Waals surface area contributed by atoms with Gasteiger partial charge in [-0.2, -0.15) is 0 Å². The lowest BCUT2D eigenvalue weighted by atomic mass is 10.0. The predicted molar refractivity (Wildman–Crippen MR) is 109 cm³/mol. The first-order chi connectivity index (χ1) is 12.2. The molecule has 1 rings (SSSR count). The Morgan fingerprint density at radius 2 is 1.73 bits per heavy atom. The normalized spacial score (nSPS) is 13.6. The Morgan fingerprint density at radius 1 is 1.12 bits per heavy atom. The summed E-state index contributed by atoms with van der Waals surface area (Å²) in [6, 6.07) is 3.36. The van der Waals surface area contributed by atoms with E-state index in [1.54, 1.807) is 14.2 Å². The van der Waals surface area contributed by atoms with Gasteiger partial charge in [0.2, 0.25) is 5.91 Å². The Labute approximate surface area is 165 Å². The highest BCUT2D eigenvalue weighted by Gasteiger charge is 2.22. The zero-order valence-electron chi connectivity index (χ0n) is 16.6. The molecule has 0 radical (unpaired) electrons. The summed E-state index contributed by atoms with van der Waals surface area (Å²) in [4.78, 5) is 12.2. The second-order valence-corrected chi connectivity index (χ2v) is 7.86. The molecule has 0 fully saturated rings. The average molecular weight is 430 g/mol. The predicted octanol–water partition coefficient (Wildman–Crippen LogP) is 2.68. The molecule has 4 N–H and O–H groups in total. The number of amides is 1. The van der Waals surface area contributed by atoms with E-state index >= 15 is 0 Å². The number of benzene rings is 1. The molecule has 0 saturated carbocycles. The van der Waals surface area contributed by atoms with Gasteiger partial charge in [0.1, 0.15) is 11.5 Å². The van der Waals surface area contributed by atoms with Crippen molar-refractivity contribution < 1.29 is 14.3 Å². The van der Waals surface area contributed by atoms with Gasteiger partial charge < -0.3 is 20.5 Å². The van der Waals surface area contributed by atoms with Gasteiger partial charge in [0.05, 0.1) is 30.9 Å². The molecule has 0 aliphatic heterocycles. The Bertz CT molecular complexity index is 594. The van der Waals surface area contributed by atoms with Crippen LogP contribution in [0.1, 0.15) is 33.3 Å². The standard InChI is InChI=1S/C19H32BrN3O3/c1-11(2)17(21)19(24)23-18(12(3)4)22-8-7-13-9-16(26-6)14(20)10-15(13)25-5/h9-12,17-18,22H,7-8,21H2,1-6H3,(H,23,24)/t17-,18?/m0/s1. The number of nitrogens with one attached hydrogen (secondary N) is 2. The maximum Gasteiger partial charge on any atom is 0.238 e. The van der Waals surface area contributed by atoms with Gasteiger partial charge in [-0.3, -0.25) is 10.1 Å². The fourth-order valence-electron chi connectivity index (χ4n) is 2.49. The van der Waals surface area contributed by atoms with Crippen LogP contribution in [0.3, 0.4) is 0 Å². The number of carbonyl (C=O) groups is 1. The molecular weight excluding hydrogens is 398 g/mol. The van der Waals surface area contributed by atoms with Crippen LogP contribution in [0, 0.1) is 11.8 Å². The molecule has 0 aliphatic rings. The minimum Gasteiger partial charge on any atom is -0.496 e. The molecule has 0 bridgehead atoms. The molecule has 26 heavy (non-hydrogen) atoms. The summed E-state index contributed by atoms with van der Waals surface area (Å²) in [5.74, 6) is 1.76. The number of carbonyl (C=O) groups excluding carboxylic acids is 1. The van der Waals surface area contributed by atoms with Crippen LogP contribution >= 0.6 is 15.9 Å². The van der Waals surface area contributed by atoms with Gasteiger partial charge in [0, 0.05) is 6.54 Å². The summed E-state index contributed by atoms with van der Waals surface area (Å²) in [6.45, 7) is 8.68. The van der Waals surface area contributed by atoms with Crippen LogP contribution in [0.15, 0.2) is 16.6 Å². The molecule has 2 atom stereocenters. The molecule has 1 aromatic carbocycles. The Balaban J connectivity index is 2.72. The van der Waals surface area contributed by atoms with E-state index < -0.39 is 6.04 Å². The van der Waals surface area contributed by atoms with Gasteiger partial charge in [0.15, 0.2) is 0 Å². The summed E-state index contributed by atoms with van der Waals surface area (Å²) in [5, 5.41) is 6.41. The summed E-state index contributed by atoms with van der Waals surface area (Å²) in [7, 11) is 3.28. The minimum absolute atomic E-state index is 0.0994. The second-order valence-electron chi connectivity index (χ2n) is 7.00. The first-order valence-electron chi connectivity index (χ1n) is 8.91. The van der Waals surface area contributed by atoms with E-state index in [2.05, 4.69) is 40.4 Å². The molecule has 0 aromatic heterocycles. The van der Waals surface area contributed by atoms with Crippen molar-refractivity contribution in [2.24, 2.45) is 17.6 Å². The molecule has 0 spiro atoms. The summed E-state index contributed by atoms with van der Waals surface area (Å²) < 4.78 is 11.7. The van der Waals surface area contributed by atoms with Crippen LogP contribution in [0.4, 0.5) is 0 Å². The number of hydrogen-bond acceptors (Lipinski definition) is 5. The van der Waals surface area contributed by atoms with E-state index in [0.29, 0.717) is 6.54 Å². The molecule has 148 valence electrons. The molecule has 1 aromatic rings. The first-order valence-corrected chi connectivity index (χ1v) is 9.70. The fourth-order valence-corrected chi connectivity index (χ4v) is 2.97. The van der Waals surface area contributed by atoms with Gasteiger partial charge in [0.25, 0.3) is 0 Å². The monoisotopic (exact) mass is 429 g/mol. The van der Waals surface area contributed by atoms with Crippen LogP contribution in [0.25, 0.3) is 0 Å². The number of hydrogen-bond donors (Lipinski definition) is 3. The third kappa shape index (κ3) is 6.45. The number of ether oxygens (including phenoxy) is 2. The van der Waals surface area contributed by atoms with Crippen LogP contribution in [0.2, 0.25) is 0 Å². The molecule has 1 unspecified atom stereocenters. The molecular formula is C19H32BrN3O3.